The van der Waals surface area contributed by atoms with E-state index in [0.717, 1.165) is 28.2 Å². The van der Waals surface area contributed by atoms with E-state index in [1.807, 2.05) is 0 Å². The van der Waals surface area contributed by atoms with Gasteiger partial charge in [0.1, 0.15) is 0 Å². The normalized spacial score (nSPS) is 10.9. The summed E-state index contributed by atoms with van der Waals surface area (Å²) in [5.41, 5.74) is -0.496. The Hall–Kier alpha value is -2.88. The highest BCUT2D eigenvalue weighted by Gasteiger charge is 2.35. The predicted octanol–water partition coefficient (Wildman–Crippen LogP) is 3.69. The second-order valence-electron chi connectivity index (χ2n) is 5.90. The van der Waals surface area contributed by atoms with E-state index in [4.69, 9.17) is 0 Å². The minimum absolute atomic E-state index is 0.398. The van der Waals surface area contributed by atoms with E-state index in [9.17, 15) is 27.6 Å². The van der Waals surface area contributed by atoms with E-state index in [1.165, 1.54) is 6.07 Å². The monoisotopic (exact) mass is 472 g/mol. The van der Waals surface area contributed by atoms with E-state index < -0.39 is 48.2 Å². The van der Waals surface area contributed by atoms with Crippen molar-refractivity contribution in [2.24, 2.45) is 0 Å². The van der Waals surface area contributed by atoms with Gasteiger partial charge in [-0.3, -0.25) is 9.59 Å². The standard InChI is InChI=1S/C19H16BrF3N2O4/c1-11-8-12(20)6-7-15(11)25-16(26)9-24-17(27)10-29-18(28)13-4-2-3-5-14(13)19(21,22)23/h2-8H,9-10H2,1H3,(H,24,27)(H,25,26). The van der Waals surface area contributed by atoms with Crippen molar-refractivity contribution >= 4 is 39.4 Å². The Morgan fingerprint density at radius 3 is 2.41 bits per heavy atom. The summed E-state index contributed by atoms with van der Waals surface area (Å²) >= 11 is 3.30. The molecule has 29 heavy (non-hydrogen) atoms. The van der Waals surface area contributed by atoms with Gasteiger partial charge in [0, 0.05) is 10.2 Å². The molecule has 154 valence electrons. The average molecular weight is 473 g/mol. The van der Waals surface area contributed by atoms with Gasteiger partial charge in [-0.25, -0.2) is 4.79 Å². The minimum Gasteiger partial charge on any atom is -0.452 e. The van der Waals surface area contributed by atoms with Gasteiger partial charge >= 0.3 is 12.1 Å². The number of ether oxygens (including phenoxy) is 1. The number of halogens is 4. The number of anilines is 1. The quantitative estimate of drug-likeness (QED) is 0.628. The van der Waals surface area contributed by atoms with E-state index in [-0.39, 0.29) is 0 Å². The number of hydrogen-bond acceptors (Lipinski definition) is 4. The molecule has 2 aromatic rings. The molecule has 0 unspecified atom stereocenters. The van der Waals surface area contributed by atoms with Gasteiger partial charge in [-0.05, 0) is 42.8 Å². The number of hydrogen-bond donors (Lipinski definition) is 2. The molecule has 0 radical (unpaired) electrons. The molecule has 0 spiro atoms. The summed E-state index contributed by atoms with van der Waals surface area (Å²) in [4.78, 5) is 35.5. The number of aryl methyl sites for hydroxylation is 1. The Labute approximate surface area is 172 Å². The van der Waals surface area contributed by atoms with E-state index in [2.05, 4.69) is 31.3 Å². The summed E-state index contributed by atoms with van der Waals surface area (Å²) in [6.07, 6.45) is -4.74. The first-order chi connectivity index (χ1) is 13.6. The Balaban J connectivity index is 1.84. The molecule has 0 saturated heterocycles. The largest absolute Gasteiger partial charge is 0.452 e. The zero-order valence-electron chi connectivity index (χ0n) is 15.1. The van der Waals surface area contributed by atoms with Gasteiger partial charge in [0.05, 0.1) is 17.7 Å². The summed E-state index contributed by atoms with van der Waals surface area (Å²) < 4.78 is 44.2. The number of carbonyl (C=O) groups excluding carboxylic acids is 3. The molecular formula is C19H16BrF3N2O4. The van der Waals surface area contributed by atoms with Crippen LogP contribution in [0.15, 0.2) is 46.9 Å². The first kappa shape index (κ1) is 22.4. The fraction of sp³-hybridized carbons (Fsp3) is 0.211. The molecule has 2 rings (SSSR count). The zero-order valence-corrected chi connectivity index (χ0v) is 16.7. The fourth-order valence-electron chi connectivity index (χ4n) is 2.31. The highest BCUT2D eigenvalue weighted by atomic mass is 79.9. The third kappa shape index (κ3) is 6.60. The van der Waals surface area contributed by atoms with Crippen LogP contribution in [0.4, 0.5) is 18.9 Å². The summed E-state index contributed by atoms with van der Waals surface area (Å²) in [6, 6.07) is 9.30. The Bertz CT molecular complexity index is 932. The number of esters is 1. The van der Waals surface area contributed by atoms with Crippen molar-refractivity contribution in [2.45, 2.75) is 13.1 Å². The maximum atomic E-state index is 12.9. The van der Waals surface area contributed by atoms with Gasteiger partial charge < -0.3 is 15.4 Å². The molecule has 0 aliphatic rings. The molecule has 0 bridgehead atoms. The molecule has 0 heterocycles. The van der Waals surface area contributed by atoms with Crippen LogP contribution in [-0.2, 0) is 20.5 Å². The van der Waals surface area contributed by atoms with Crippen molar-refractivity contribution in [3.05, 3.63) is 63.6 Å². The van der Waals surface area contributed by atoms with Crippen LogP contribution in [0.25, 0.3) is 0 Å². The third-order valence-electron chi connectivity index (χ3n) is 3.70. The van der Waals surface area contributed by atoms with Crippen LogP contribution in [0.2, 0.25) is 0 Å². The summed E-state index contributed by atoms with van der Waals surface area (Å²) in [5.74, 6) is -2.63. The SMILES string of the molecule is Cc1cc(Br)ccc1NC(=O)CNC(=O)COC(=O)c1ccccc1C(F)(F)F. The summed E-state index contributed by atoms with van der Waals surface area (Å²) in [5, 5.41) is 4.83. The van der Waals surface area contributed by atoms with Crippen LogP contribution in [0.5, 0.6) is 0 Å². The van der Waals surface area contributed by atoms with Crippen LogP contribution in [0.3, 0.4) is 0 Å². The molecular weight excluding hydrogens is 457 g/mol. The Morgan fingerprint density at radius 2 is 1.76 bits per heavy atom. The third-order valence-corrected chi connectivity index (χ3v) is 4.19. The fourth-order valence-corrected chi connectivity index (χ4v) is 2.78. The van der Waals surface area contributed by atoms with Gasteiger partial charge in [-0.15, -0.1) is 0 Å². The van der Waals surface area contributed by atoms with Gasteiger partial charge in [-0.1, -0.05) is 28.1 Å². The highest BCUT2D eigenvalue weighted by molar-refractivity contribution is 9.10. The molecule has 2 N–H and O–H groups in total. The average Bonchev–Trinajstić information content (AvgIpc) is 2.66. The first-order valence-electron chi connectivity index (χ1n) is 8.24. The van der Waals surface area contributed by atoms with E-state index in [0.29, 0.717) is 5.69 Å². The second-order valence-corrected chi connectivity index (χ2v) is 6.82. The van der Waals surface area contributed by atoms with Crippen molar-refractivity contribution < 1.29 is 32.3 Å². The number of nitrogens with one attached hydrogen (secondary N) is 2. The van der Waals surface area contributed by atoms with Crippen molar-refractivity contribution in [3.63, 3.8) is 0 Å². The number of amides is 2. The lowest BCUT2D eigenvalue weighted by atomic mass is 10.1. The topological polar surface area (TPSA) is 84.5 Å². The number of carbonyl (C=O) groups is 3. The van der Waals surface area contributed by atoms with Crippen molar-refractivity contribution in [3.8, 4) is 0 Å². The van der Waals surface area contributed by atoms with Crippen molar-refractivity contribution in [2.75, 3.05) is 18.5 Å². The minimum atomic E-state index is -4.74. The van der Waals surface area contributed by atoms with Crippen LogP contribution >= 0.6 is 15.9 Å². The smallest absolute Gasteiger partial charge is 0.417 e. The number of rotatable bonds is 6. The van der Waals surface area contributed by atoms with Gasteiger partial charge in [0.25, 0.3) is 5.91 Å². The maximum absolute atomic E-state index is 12.9. The maximum Gasteiger partial charge on any atom is 0.417 e. The molecule has 2 amide bonds. The van der Waals surface area contributed by atoms with Crippen molar-refractivity contribution in [1.82, 2.24) is 5.32 Å². The number of benzene rings is 2. The lowest BCUT2D eigenvalue weighted by Gasteiger charge is -2.12. The summed E-state index contributed by atoms with van der Waals surface area (Å²) in [7, 11) is 0. The molecule has 0 aromatic heterocycles. The lowest BCUT2D eigenvalue weighted by molar-refractivity contribution is -0.138. The Kier molecular flexibility index (Phi) is 7.38. The molecule has 0 fully saturated rings. The highest BCUT2D eigenvalue weighted by Crippen LogP contribution is 2.32. The number of alkyl halides is 3. The predicted molar refractivity (Wildman–Crippen MR) is 102 cm³/mol. The molecule has 0 aliphatic carbocycles. The van der Waals surface area contributed by atoms with E-state index >= 15 is 0 Å². The zero-order chi connectivity index (χ0) is 21.6. The van der Waals surface area contributed by atoms with Gasteiger partial charge in [0.2, 0.25) is 5.91 Å². The molecule has 2 aromatic carbocycles. The molecule has 0 atom stereocenters. The van der Waals surface area contributed by atoms with Crippen LogP contribution in [-0.4, -0.2) is 30.9 Å². The molecule has 6 nitrogen and oxygen atoms in total. The van der Waals surface area contributed by atoms with E-state index in [1.54, 1.807) is 25.1 Å². The lowest BCUT2D eigenvalue weighted by Crippen LogP contribution is -2.35. The molecule has 0 aliphatic heterocycles. The molecule has 0 saturated carbocycles. The summed E-state index contributed by atoms with van der Waals surface area (Å²) in [6.45, 7) is 0.567. The van der Waals surface area contributed by atoms with Crippen LogP contribution in [0, 0.1) is 6.92 Å². The second kappa shape index (κ2) is 9.55. The molecule has 10 heteroatoms. The van der Waals surface area contributed by atoms with Crippen LogP contribution in [0.1, 0.15) is 21.5 Å². The van der Waals surface area contributed by atoms with Crippen LogP contribution < -0.4 is 10.6 Å². The van der Waals surface area contributed by atoms with Crippen molar-refractivity contribution in [1.29, 1.82) is 0 Å². The van der Waals surface area contributed by atoms with Gasteiger partial charge in [0.15, 0.2) is 6.61 Å². The van der Waals surface area contributed by atoms with Gasteiger partial charge in [-0.2, -0.15) is 13.2 Å². The Morgan fingerprint density at radius 1 is 1.07 bits per heavy atom. The first-order valence-corrected chi connectivity index (χ1v) is 9.03.